The highest BCUT2D eigenvalue weighted by atomic mass is 16.5. The molecular weight excluding hydrogens is 304 g/mol. The molecule has 0 saturated heterocycles. The molecule has 24 heavy (non-hydrogen) atoms. The number of para-hydroxylation sites is 2. The van der Waals surface area contributed by atoms with Crippen LogP contribution in [-0.4, -0.2) is 25.8 Å². The van der Waals surface area contributed by atoms with Crippen LogP contribution in [0.4, 0.5) is 5.69 Å². The molecule has 0 atom stereocenters. The maximum absolute atomic E-state index is 12.7. The summed E-state index contributed by atoms with van der Waals surface area (Å²) < 4.78 is 10.7. The molecule has 0 spiro atoms. The number of rotatable bonds is 4. The third kappa shape index (κ3) is 2.76. The quantitative estimate of drug-likeness (QED) is 0.809. The van der Waals surface area contributed by atoms with Crippen LogP contribution < -0.4 is 14.5 Å². The predicted octanol–water partition coefficient (Wildman–Crippen LogP) is 3.51. The van der Waals surface area contributed by atoms with E-state index in [-0.39, 0.29) is 5.91 Å². The first-order valence-electron chi connectivity index (χ1n) is 7.53. The molecule has 2 aromatic rings. The molecule has 0 aromatic heterocycles. The summed E-state index contributed by atoms with van der Waals surface area (Å²) in [7, 11) is 3.16. The van der Waals surface area contributed by atoms with Crippen LogP contribution in [0.3, 0.4) is 0 Å². The van der Waals surface area contributed by atoms with Gasteiger partial charge in [0.2, 0.25) is 0 Å². The maximum Gasteiger partial charge on any atom is 0.280 e. The van der Waals surface area contributed by atoms with Crippen molar-refractivity contribution in [2.24, 2.45) is 5.10 Å². The Hall–Kier alpha value is -3.08. The number of carbonyl (C=O) groups excluding carboxylic acids is 1. The molecule has 0 saturated carbocycles. The zero-order chi connectivity index (χ0) is 17.1. The van der Waals surface area contributed by atoms with Crippen LogP contribution in [0.25, 0.3) is 6.08 Å². The predicted molar refractivity (Wildman–Crippen MR) is 94.6 cm³/mol. The molecule has 0 radical (unpaired) electrons. The first-order valence-corrected chi connectivity index (χ1v) is 7.53. The number of hydrogen-bond acceptors (Lipinski definition) is 4. The number of hydrazone groups is 1. The summed E-state index contributed by atoms with van der Waals surface area (Å²) in [6.07, 6.45) is 1.78. The van der Waals surface area contributed by atoms with Crippen molar-refractivity contribution in [3.63, 3.8) is 0 Å². The summed E-state index contributed by atoms with van der Waals surface area (Å²) in [5.74, 6) is 1.04. The van der Waals surface area contributed by atoms with E-state index in [0.717, 1.165) is 11.3 Å². The Balaban J connectivity index is 2.01. The second kappa shape index (κ2) is 6.58. The number of methoxy groups -OCH3 is 2. The van der Waals surface area contributed by atoms with Gasteiger partial charge in [0.15, 0.2) is 11.5 Å². The molecule has 2 aromatic carbocycles. The van der Waals surface area contributed by atoms with Crippen molar-refractivity contribution in [2.75, 3.05) is 19.2 Å². The molecule has 0 unspecified atom stereocenters. The number of nitrogens with zero attached hydrogens (tertiary/aromatic N) is 2. The van der Waals surface area contributed by atoms with Gasteiger partial charge < -0.3 is 9.47 Å². The van der Waals surface area contributed by atoms with Gasteiger partial charge in [0.25, 0.3) is 5.91 Å². The van der Waals surface area contributed by atoms with Crippen molar-refractivity contribution in [3.8, 4) is 11.5 Å². The second-order valence-corrected chi connectivity index (χ2v) is 5.28. The van der Waals surface area contributed by atoms with Crippen molar-refractivity contribution in [3.05, 3.63) is 59.7 Å². The van der Waals surface area contributed by atoms with Gasteiger partial charge in [-0.2, -0.15) is 10.1 Å². The normalized spacial score (nSPS) is 15.6. The first-order chi connectivity index (χ1) is 11.7. The average molecular weight is 322 g/mol. The minimum Gasteiger partial charge on any atom is -0.493 e. The lowest BCUT2D eigenvalue weighted by Crippen LogP contribution is -2.21. The minimum atomic E-state index is -0.163. The Morgan fingerprint density at radius 3 is 2.42 bits per heavy atom. The number of ether oxygens (including phenoxy) is 2. The number of carbonyl (C=O) groups is 1. The van der Waals surface area contributed by atoms with Gasteiger partial charge in [0.05, 0.1) is 31.2 Å². The van der Waals surface area contributed by atoms with Gasteiger partial charge >= 0.3 is 0 Å². The summed E-state index contributed by atoms with van der Waals surface area (Å²) in [4.78, 5) is 12.7. The highest BCUT2D eigenvalue weighted by Crippen LogP contribution is 2.33. The Bertz CT molecular complexity index is 826. The van der Waals surface area contributed by atoms with Crippen molar-refractivity contribution < 1.29 is 14.3 Å². The highest BCUT2D eigenvalue weighted by molar-refractivity contribution is 6.32. The van der Waals surface area contributed by atoms with E-state index in [1.54, 1.807) is 20.3 Å². The zero-order valence-corrected chi connectivity index (χ0v) is 13.8. The number of hydrogen-bond donors (Lipinski definition) is 0. The van der Waals surface area contributed by atoms with Crippen molar-refractivity contribution >= 4 is 23.4 Å². The van der Waals surface area contributed by atoms with E-state index < -0.39 is 0 Å². The van der Waals surface area contributed by atoms with E-state index in [9.17, 15) is 4.79 Å². The highest BCUT2D eigenvalue weighted by Gasteiger charge is 2.29. The van der Waals surface area contributed by atoms with E-state index >= 15 is 0 Å². The topological polar surface area (TPSA) is 51.1 Å². The molecule has 1 heterocycles. The van der Waals surface area contributed by atoms with E-state index in [4.69, 9.17) is 9.47 Å². The van der Waals surface area contributed by atoms with Gasteiger partial charge in [-0.3, -0.25) is 4.79 Å². The number of anilines is 1. The fraction of sp³-hybridized carbons (Fsp3) is 0.158. The van der Waals surface area contributed by atoms with Gasteiger partial charge in [-0.15, -0.1) is 0 Å². The zero-order valence-electron chi connectivity index (χ0n) is 13.8. The van der Waals surface area contributed by atoms with Crippen LogP contribution in [0, 0.1) is 0 Å². The van der Waals surface area contributed by atoms with Crippen LogP contribution >= 0.6 is 0 Å². The van der Waals surface area contributed by atoms with Gasteiger partial charge in [-0.25, -0.2) is 0 Å². The summed E-state index contributed by atoms with van der Waals surface area (Å²) >= 11 is 0. The largest absolute Gasteiger partial charge is 0.493 e. The van der Waals surface area contributed by atoms with Crippen LogP contribution in [-0.2, 0) is 4.79 Å². The molecule has 1 aliphatic heterocycles. The molecule has 3 rings (SSSR count). The standard InChI is InChI=1S/C19H18N2O3/c1-13-16(12-14-8-7-11-17(23-2)18(14)24-3)19(22)21(20-13)15-9-5-4-6-10-15/h4-12H,1-3H3/b16-12-. The smallest absolute Gasteiger partial charge is 0.280 e. The van der Waals surface area contributed by atoms with E-state index in [0.29, 0.717) is 22.8 Å². The lowest BCUT2D eigenvalue weighted by Gasteiger charge is -2.12. The Morgan fingerprint density at radius 2 is 1.75 bits per heavy atom. The molecule has 0 N–H and O–H groups in total. The van der Waals surface area contributed by atoms with Crippen molar-refractivity contribution in [1.29, 1.82) is 0 Å². The van der Waals surface area contributed by atoms with Gasteiger partial charge in [0.1, 0.15) is 0 Å². The van der Waals surface area contributed by atoms with Gasteiger partial charge in [0, 0.05) is 5.56 Å². The third-order valence-corrected chi connectivity index (χ3v) is 3.80. The molecule has 0 fully saturated rings. The Labute approximate surface area is 140 Å². The van der Waals surface area contributed by atoms with E-state index in [2.05, 4.69) is 5.10 Å². The summed E-state index contributed by atoms with van der Waals surface area (Å²) in [6, 6.07) is 14.9. The molecule has 0 bridgehead atoms. The SMILES string of the molecule is COc1cccc(/C=C2\C(=O)N(c3ccccc3)N=C2C)c1OC. The number of benzene rings is 2. The molecule has 122 valence electrons. The minimum absolute atomic E-state index is 0.163. The molecule has 5 heteroatoms. The fourth-order valence-corrected chi connectivity index (χ4v) is 2.61. The molecule has 1 aliphatic rings. The molecule has 5 nitrogen and oxygen atoms in total. The monoisotopic (exact) mass is 322 g/mol. The Kier molecular flexibility index (Phi) is 4.33. The number of amides is 1. The lowest BCUT2D eigenvalue weighted by atomic mass is 10.1. The Morgan fingerprint density at radius 1 is 1.00 bits per heavy atom. The second-order valence-electron chi connectivity index (χ2n) is 5.28. The summed E-state index contributed by atoms with van der Waals surface area (Å²) in [5.41, 5.74) is 2.70. The molecule has 1 amide bonds. The van der Waals surface area contributed by atoms with E-state index in [1.165, 1.54) is 5.01 Å². The van der Waals surface area contributed by atoms with Crippen LogP contribution in [0.5, 0.6) is 11.5 Å². The lowest BCUT2D eigenvalue weighted by molar-refractivity contribution is -0.114. The molecule has 0 aliphatic carbocycles. The van der Waals surface area contributed by atoms with Gasteiger partial charge in [-0.05, 0) is 31.2 Å². The van der Waals surface area contributed by atoms with Crippen molar-refractivity contribution in [2.45, 2.75) is 6.92 Å². The van der Waals surface area contributed by atoms with Crippen LogP contribution in [0.2, 0.25) is 0 Å². The van der Waals surface area contributed by atoms with Gasteiger partial charge in [-0.1, -0.05) is 30.3 Å². The van der Waals surface area contributed by atoms with Crippen LogP contribution in [0.15, 0.2) is 59.2 Å². The first kappa shape index (κ1) is 15.8. The van der Waals surface area contributed by atoms with Crippen LogP contribution in [0.1, 0.15) is 12.5 Å². The average Bonchev–Trinajstić information content (AvgIpc) is 2.90. The summed E-state index contributed by atoms with van der Waals surface area (Å²) in [6.45, 7) is 1.82. The van der Waals surface area contributed by atoms with Crippen molar-refractivity contribution in [1.82, 2.24) is 0 Å². The summed E-state index contributed by atoms with van der Waals surface area (Å²) in [5, 5.41) is 5.79. The fourth-order valence-electron chi connectivity index (χ4n) is 2.61. The molecular formula is C19H18N2O3. The maximum atomic E-state index is 12.7. The van der Waals surface area contributed by atoms with E-state index in [1.807, 2.05) is 55.5 Å². The third-order valence-electron chi connectivity index (χ3n) is 3.80.